The standard InChI is InChI=1S/C22H22F3N3O4/c1-12-6-15(24)13(16(25)7-12)8-26-20(31)14-9-28-17(19(30)18(14)29)21(32)27-5-3-2-4-22(28,10-23)11-27/h6-7,9,30H,2-5,8,10-11H2,1H3,(H,26,31). The number of hydrogen-bond acceptors (Lipinski definition) is 4. The van der Waals surface area contributed by atoms with Gasteiger partial charge >= 0.3 is 0 Å². The fourth-order valence-corrected chi connectivity index (χ4v) is 4.47. The number of hydrogen-bond donors (Lipinski definition) is 2. The number of aromatic hydroxyl groups is 1. The summed E-state index contributed by atoms with van der Waals surface area (Å²) in [5.41, 5.74) is -3.24. The lowest BCUT2D eigenvalue weighted by atomic mass is 9.91. The molecular weight excluding hydrogens is 427 g/mol. The minimum atomic E-state index is -1.21. The van der Waals surface area contributed by atoms with Crippen LogP contribution >= 0.6 is 0 Å². The number of amides is 2. The first-order valence-electron chi connectivity index (χ1n) is 10.3. The first-order chi connectivity index (χ1) is 15.2. The molecule has 2 N–H and O–H groups in total. The van der Waals surface area contributed by atoms with Crippen molar-refractivity contribution in [1.29, 1.82) is 0 Å². The number of alkyl halides is 1. The summed E-state index contributed by atoms with van der Waals surface area (Å²) < 4.78 is 43.6. The van der Waals surface area contributed by atoms with Gasteiger partial charge in [-0.15, -0.1) is 0 Å². The van der Waals surface area contributed by atoms with Gasteiger partial charge in [-0.3, -0.25) is 14.4 Å². The zero-order chi connectivity index (χ0) is 23.2. The summed E-state index contributed by atoms with van der Waals surface area (Å²) >= 11 is 0. The lowest BCUT2D eigenvalue weighted by molar-refractivity contribution is 0.0516. The van der Waals surface area contributed by atoms with E-state index < -0.39 is 58.9 Å². The van der Waals surface area contributed by atoms with Gasteiger partial charge in [-0.25, -0.2) is 13.2 Å². The quantitative estimate of drug-likeness (QED) is 0.750. The Morgan fingerprint density at radius 2 is 1.91 bits per heavy atom. The first kappa shape index (κ1) is 21.9. The molecule has 2 aromatic rings. The molecule has 1 aromatic carbocycles. The highest BCUT2D eigenvalue weighted by atomic mass is 19.1. The third-order valence-electron chi connectivity index (χ3n) is 6.19. The van der Waals surface area contributed by atoms with Crippen molar-refractivity contribution in [1.82, 2.24) is 14.8 Å². The zero-order valence-electron chi connectivity index (χ0n) is 17.4. The highest BCUT2D eigenvalue weighted by Crippen LogP contribution is 2.37. The van der Waals surface area contributed by atoms with E-state index >= 15 is 0 Å². The number of carbonyl (C=O) groups excluding carboxylic acids is 2. The van der Waals surface area contributed by atoms with Gasteiger partial charge in [0.15, 0.2) is 11.4 Å². The Morgan fingerprint density at radius 3 is 2.56 bits per heavy atom. The molecule has 2 bridgehead atoms. The van der Waals surface area contributed by atoms with E-state index in [-0.39, 0.29) is 17.8 Å². The molecule has 1 aromatic heterocycles. The first-order valence-corrected chi connectivity index (χ1v) is 10.3. The van der Waals surface area contributed by atoms with Crippen LogP contribution in [-0.4, -0.2) is 46.2 Å². The molecule has 0 saturated carbocycles. The highest BCUT2D eigenvalue weighted by molar-refractivity contribution is 5.99. The molecule has 3 heterocycles. The minimum Gasteiger partial charge on any atom is -0.503 e. The molecule has 2 amide bonds. The largest absolute Gasteiger partial charge is 0.503 e. The van der Waals surface area contributed by atoms with Gasteiger partial charge < -0.3 is 19.9 Å². The number of nitrogens with zero attached hydrogens (tertiary/aromatic N) is 2. The van der Waals surface area contributed by atoms with E-state index in [0.717, 1.165) is 18.3 Å². The van der Waals surface area contributed by atoms with Crippen LogP contribution in [0.5, 0.6) is 5.75 Å². The Hall–Kier alpha value is -3.30. The van der Waals surface area contributed by atoms with Crippen molar-refractivity contribution < 1.29 is 27.9 Å². The Morgan fingerprint density at radius 1 is 1.22 bits per heavy atom. The lowest BCUT2D eigenvalue weighted by Crippen LogP contribution is -2.55. The molecule has 7 nitrogen and oxygen atoms in total. The molecule has 2 aliphatic heterocycles. The van der Waals surface area contributed by atoms with E-state index in [1.54, 1.807) is 0 Å². The Balaban J connectivity index is 1.73. The van der Waals surface area contributed by atoms with E-state index in [1.165, 1.54) is 16.4 Å². The molecule has 4 rings (SSSR count). The van der Waals surface area contributed by atoms with Gasteiger partial charge in [-0.1, -0.05) is 0 Å². The van der Waals surface area contributed by atoms with Crippen LogP contribution in [0.3, 0.4) is 0 Å². The summed E-state index contributed by atoms with van der Waals surface area (Å²) in [7, 11) is 0. The summed E-state index contributed by atoms with van der Waals surface area (Å²) in [5.74, 6) is -4.26. The van der Waals surface area contributed by atoms with Gasteiger partial charge in [0, 0.05) is 31.4 Å². The Bertz CT molecular complexity index is 1160. The van der Waals surface area contributed by atoms with Gasteiger partial charge in [0.1, 0.15) is 23.9 Å². The van der Waals surface area contributed by atoms with Crippen molar-refractivity contribution in [3.63, 3.8) is 0 Å². The SMILES string of the molecule is Cc1cc(F)c(CNC(=O)c2cn3c(c(O)c2=O)C(=O)N2CCCCC3(CF)C2)c(F)c1. The number of nitrogens with one attached hydrogen (secondary N) is 1. The van der Waals surface area contributed by atoms with Gasteiger partial charge in [0.2, 0.25) is 5.43 Å². The van der Waals surface area contributed by atoms with Crippen LogP contribution in [0, 0.1) is 18.6 Å². The monoisotopic (exact) mass is 449 g/mol. The maximum atomic E-state index is 14.3. The third-order valence-corrected chi connectivity index (χ3v) is 6.19. The molecule has 10 heteroatoms. The molecule has 170 valence electrons. The van der Waals surface area contributed by atoms with Crippen LogP contribution in [0.15, 0.2) is 23.1 Å². The maximum absolute atomic E-state index is 14.3. The number of rotatable bonds is 4. The highest BCUT2D eigenvalue weighted by Gasteiger charge is 2.46. The Kier molecular flexibility index (Phi) is 5.47. The topological polar surface area (TPSA) is 91.6 Å². The van der Waals surface area contributed by atoms with E-state index in [0.29, 0.717) is 31.4 Å². The number of halogens is 3. The molecule has 2 aliphatic rings. The number of aryl methyl sites for hydroxylation is 1. The van der Waals surface area contributed by atoms with Crippen molar-refractivity contribution in [2.24, 2.45) is 0 Å². The van der Waals surface area contributed by atoms with E-state index in [1.807, 2.05) is 0 Å². The lowest BCUT2D eigenvalue weighted by Gasteiger charge is -2.42. The molecule has 0 spiro atoms. The van der Waals surface area contributed by atoms with E-state index in [2.05, 4.69) is 5.32 Å². The van der Waals surface area contributed by atoms with Crippen molar-refractivity contribution in [3.05, 3.63) is 62.6 Å². The molecule has 0 aliphatic carbocycles. The van der Waals surface area contributed by atoms with E-state index in [4.69, 9.17) is 0 Å². The second-order valence-corrected chi connectivity index (χ2v) is 8.37. The molecule has 0 radical (unpaired) electrons. The number of carbonyl (C=O) groups is 2. The van der Waals surface area contributed by atoms with Crippen molar-refractivity contribution in [3.8, 4) is 5.75 Å². The number of benzene rings is 1. The molecule has 1 atom stereocenters. The van der Waals surface area contributed by atoms with Gasteiger partial charge in [-0.05, 0) is 43.9 Å². The van der Waals surface area contributed by atoms with E-state index in [9.17, 15) is 32.7 Å². The minimum absolute atomic E-state index is 0.0541. The average Bonchev–Trinajstić information content (AvgIpc) is 2.94. The summed E-state index contributed by atoms with van der Waals surface area (Å²) in [6.45, 7) is 0.539. The predicted molar refractivity (Wildman–Crippen MR) is 108 cm³/mol. The second kappa shape index (κ2) is 7.99. The van der Waals surface area contributed by atoms with Crippen molar-refractivity contribution in [2.75, 3.05) is 19.8 Å². The fourth-order valence-electron chi connectivity index (χ4n) is 4.47. The van der Waals surface area contributed by atoms with Crippen LogP contribution in [0.2, 0.25) is 0 Å². The molecular formula is C22H22F3N3O4. The summed E-state index contributed by atoms with van der Waals surface area (Å²) in [5, 5.41) is 12.8. The number of aromatic nitrogens is 1. The van der Waals surface area contributed by atoms with Gasteiger partial charge in [0.25, 0.3) is 11.8 Å². The molecule has 1 saturated heterocycles. The zero-order valence-corrected chi connectivity index (χ0v) is 17.4. The van der Waals surface area contributed by atoms with Gasteiger partial charge in [-0.2, -0.15) is 0 Å². The number of fused-ring (bicyclic) bond motifs is 4. The predicted octanol–water partition coefficient (Wildman–Crippen LogP) is 2.38. The van der Waals surface area contributed by atoms with Crippen LogP contribution in [-0.2, 0) is 12.1 Å². The normalized spacial score (nSPS) is 20.0. The van der Waals surface area contributed by atoms with Crippen LogP contribution < -0.4 is 10.7 Å². The summed E-state index contributed by atoms with van der Waals surface area (Å²) in [6, 6.07) is 2.22. The van der Waals surface area contributed by atoms with Crippen molar-refractivity contribution in [2.45, 2.75) is 38.3 Å². The maximum Gasteiger partial charge on any atom is 0.274 e. The van der Waals surface area contributed by atoms with Crippen LogP contribution in [0.25, 0.3) is 0 Å². The molecule has 1 unspecified atom stereocenters. The fraction of sp³-hybridized carbons (Fsp3) is 0.409. The Labute approximate surface area is 181 Å². The van der Waals surface area contributed by atoms with Crippen molar-refractivity contribution >= 4 is 11.8 Å². The van der Waals surface area contributed by atoms with Crippen LogP contribution in [0.4, 0.5) is 13.2 Å². The molecule has 32 heavy (non-hydrogen) atoms. The molecule has 1 fully saturated rings. The van der Waals surface area contributed by atoms with Gasteiger partial charge in [0.05, 0.1) is 5.54 Å². The average molecular weight is 449 g/mol. The number of pyridine rings is 1. The second-order valence-electron chi connectivity index (χ2n) is 8.37. The van der Waals surface area contributed by atoms with Crippen LogP contribution in [0.1, 0.15) is 51.2 Å². The smallest absolute Gasteiger partial charge is 0.274 e. The summed E-state index contributed by atoms with van der Waals surface area (Å²) in [4.78, 5) is 39.6. The third kappa shape index (κ3) is 3.43. The summed E-state index contributed by atoms with van der Waals surface area (Å²) in [6.07, 6.45) is 2.68.